The maximum atomic E-state index is 4.31. The predicted octanol–water partition coefficient (Wildman–Crippen LogP) is 2.46. The van der Waals surface area contributed by atoms with Gasteiger partial charge in [0.05, 0.1) is 13.4 Å². The third-order valence-corrected chi connectivity index (χ3v) is 0.833. The predicted molar refractivity (Wildman–Crippen MR) is 43.6 cm³/mol. The summed E-state index contributed by atoms with van der Waals surface area (Å²) < 4.78 is 4.31. The molecule has 1 rings (SSSR count). The maximum absolute atomic E-state index is 4.31. The van der Waals surface area contributed by atoms with E-state index in [4.69, 9.17) is 0 Å². The lowest BCUT2D eigenvalue weighted by Gasteiger charge is -1.73. The lowest BCUT2D eigenvalue weighted by atomic mass is 10.4. The molecule has 0 aliphatic heterocycles. The largest absolute Gasteiger partial charge is 0.505 e. The van der Waals surface area contributed by atoms with Crippen molar-refractivity contribution in [3.8, 4) is 0 Å². The van der Waals surface area contributed by atoms with Crippen molar-refractivity contribution in [2.75, 3.05) is 7.11 Å². The van der Waals surface area contributed by atoms with E-state index in [0.29, 0.717) is 0 Å². The minimum Gasteiger partial charge on any atom is -0.505 e. The maximum Gasteiger partial charge on any atom is 0.0766 e. The average Bonchev–Trinajstić information content (AvgIpc) is 2.08. The van der Waals surface area contributed by atoms with Gasteiger partial charge in [0.25, 0.3) is 0 Å². The van der Waals surface area contributed by atoms with Crippen LogP contribution in [0.4, 0.5) is 0 Å². The summed E-state index contributed by atoms with van der Waals surface area (Å²) in [4.78, 5) is 0. The summed E-state index contributed by atoms with van der Waals surface area (Å²) in [7, 11) is 1.56. The Hall–Kier alpha value is -1.24. The van der Waals surface area contributed by atoms with Crippen LogP contribution in [0.15, 0.2) is 49.2 Å². The van der Waals surface area contributed by atoms with E-state index in [9.17, 15) is 0 Å². The second-order valence-electron chi connectivity index (χ2n) is 1.56. The van der Waals surface area contributed by atoms with Gasteiger partial charge in [0.15, 0.2) is 0 Å². The van der Waals surface area contributed by atoms with Crippen LogP contribution in [0.25, 0.3) is 0 Å². The summed E-state index contributed by atoms with van der Waals surface area (Å²) in [5.74, 6) is 0. The Morgan fingerprint density at radius 2 is 1.20 bits per heavy atom. The highest BCUT2D eigenvalue weighted by Gasteiger charge is 1.57. The van der Waals surface area contributed by atoms with Crippen molar-refractivity contribution in [3.63, 3.8) is 0 Å². The van der Waals surface area contributed by atoms with Gasteiger partial charge >= 0.3 is 0 Å². The summed E-state index contributed by atoms with van der Waals surface area (Å²) >= 11 is 0. The van der Waals surface area contributed by atoms with Crippen molar-refractivity contribution in [2.45, 2.75) is 0 Å². The molecule has 0 aliphatic rings. The Balaban J connectivity index is 0.000000180. The van der Waals surface area contributed by atoms with Crippen LogP contribution < -0.4 is 0 Å². The van der Waals surface area contributed by atoms with Gasteiger partial charge in [0.2, 0.25) is 0 Å². The quantitative estimate of drug-likeness (QED) is 0.539. The highest BCUT2D eigenvalue weighted by Crippen LogP contribution is 1.79. The summed E-state index contributed by atoms with van der Waals surface area (Å²) in [6, 6.07) is 12.0. The summed E-state index contributed by atoms with van der Waals surface area (Å²) in [5.41, 5.74) is 0. The van der Waals surface area contributed by atoms with E-state index in [0.717, 1.165) is 0 Å². The van der Waals surface area contributed by atoms with Gasteiger partial charge in [-0.3, -0.25) is 0 Å². The van der Waals surface area contributed by atoms with Crippen LogP contribution >= 0.6 is 0 Å². The van der Waals surface area contributed by atoms with E-state index < -0.39 is 0 Å². The van der Waals surface area contributed by atoms with Crippen LogP contribution in [-0.4, -0.2) is 7.11 Å². The Kier molecular flexibility index (Phi) is 6.80. The first kappa shape index (κ1) is 8.76. The first-order valence-corrected chi connectivity index (χ1v) is 3.05. The Morgan fingerprint density at radius 1 is 1.00 bits per heavy atom. The number of hydrogen-bond acceptors (Lipinski definition) is 1. The normalized spacial score (nSPS) is 6.90. The third-order valence-electron chi connectivity index (χ3n) is 0.833. The molecule has 10 heavy (non-hydrogen) atoms. The first-order valence-electron chi connectivity index (χ1n) is 3.05. The fraction of sp³-hybridized carbons (Fsp3) is 0.111. The van der Waals surface area contributed by atoms with Crippen molar-refractivity contribution in [1.29, 1.82) is 0 Å². The molecular weight excluding hydrogens is 124 g/mol. The van der Waals surface area contributed by atoms with Crippen molar-refractivity contribution in [1.82, 2.24) is 0 Å². The number of hydrogen-bond donors (Lipinski definition) is 0. The lowest BCUT2D eigenvalue weighted by Crippen LogP contribution is -1.54. The molecule has 0 saturated heterocycles. The van der Waals surface area contributed by atoms with E-state index in [1.54, 1.807) is 7.11 Å². The lowest BCUT2D eigenvalue weighted by molar-refractivity contribution is 0.339. The van der Waals surface area contributed by atoms with Crippen molar-refractivity contribution >= 4 is 0 Å². The van der Waals surface area contributed by atoms with Gasteiger partial charge < -0.3 is 4.74 Å². The smallest absolute Gasteiger partial charge is 0.0766 e. The molecule has 0 bridgehead atoms. The molecule has 0 radical (unpaired) electrons. The van der Waals surface area contributed by atoms with Crippen molar-refractivity contribution in [3.05, 3.63) is 49.2 Å². The SMILES string of the molecule is C=COC.c1ccccc1. The summed E-state index contributed by atoms with van der Waals surface area (Å²) in [6.07, 6.45) is 1.38. The molecule has 1 aromatic carbocycles. The second kappa shape index (κ2) is 7.76. The Bertz CT molecular complexity index is 119. The molecule has 0 N–H and O–H groups in total. The van der Waals surface area contributed by atoms with Gasteiger partial charge in [-0.2, -0.15) is 0 Å². The molecule has 54 valence electrons. The fourth-order valence-corrected chi connectivity index (χ4v) is 0.385. The molecule has 0 amide bonds. The van der Waals surface area contributed by atoms with Gasteiger partial charge in [-0.15, -0.1) is 0 Å². The minimum atomic E-state index is 1.38. The molecule has 0 saturated carbocycles. The van der Waals surface area contributed by atoms with E-state index >= 15 is 0 Å². The highest BCUT2D eigenvalue weighted by molar-refractivity contribution is 4.99. The highest BCUT2D eigenvalue weighted by atomic mass is 16.5. The average molecular weight is 136 g/mol. The number of methoxy groups -OCH3 is 1. The van der Waals surface area contributed by atoms with E-state index in [1.807, 2.05) is 36.4 Å². The van der Waals surface area contributed by atoms with Gasteiger partial charge in [-0.1, -0.05) is 43.0 Å². The monoisotopic (exact) mass is 136 g/mol. The Labute approximate surface area is 62.0 Å². The van der Waals surface area contributed by atoms with Gasteiger partial charge in [-0.25, -0.2) is 0 Å². The van der Waals surface area contributed by atoms with E-state index in [2.05, 4.69) is 11.3 Å². The van der Waals surface area contributed by atoms with E-state index in [-0.39, 0.29) is 0 Å². The second-order valence-corrected chi connectivity index (χ2v) is 1.56. The molecule has 0 aliphatic carbocycles. The fourth-order valence-electron chi connectivity index (χ4n) is 0.385. The van der Waals surface area contributed by atoms with Gasteiger partial charge in [-0.05, 0) is 0 Å². The standard InChI is InChI=1S/C6H6.C3H6O/c1-2-4-6-5-3-1;1-3-4-2/h1-6H;3H,1H2,2H3. The molecule has 0 atom stereocenters. The van der Waals surface area contributed by atoms with Crippen LogP contribution in [0, 0.1) is 0 Å². The molecule has 1 heteroatoms. The molecule has 0 unspecified atom stereocenters. The zero-order chi connectivity index (χ0) is 7.66. The van der Waals surface area contributed by atoms with Crippen LogP contribution in [-0.2, 0) is 4.74 Å². The van der Waals surface area contributed by atoms with Gasteiger partial charge in [0.1, 0.15) is 0 Å². The van der Waals surface area contributed by atoms with Gasteiger partial charge in [0, 0.05) is 0 Å². The summed E-state index contributed by atoms with van der Waals surface area (Å²) in [5, 5.41) is 0. The Morgan fingerprint density at radius 3 is 1.30 bits per heavy atom. The first-order chi connectivity index (χ1) is 4.91. The zero-order valence-electron chi connectivity index (χ0n) is 6.16. The van der Waals surface area contributed by atoms with Crippen LogP contribution in [0.2, 0.25) is 0 Å². The van der Waals surface area contributed by atoms with Crippen LogP contribution in [0.5, 0.6) is 0 Å². The third kappa shape index (κ3) is 6.76. The molecule has 0 fully saturated rings. The molecule has 0 aromatic heterocycles. The molecular formula is C9H12O. The topological polar surface area (TPSA) is 9.23 Å². The number of rotatable bonds is 1. The molecule has 0 spiro atoms. The molecule has 1 nitrogen and oxygen atoms in total. The molecule has 0 heterocycles. The number of benzene rings is 1. The summed E-state index contributed by atoms with van der Waals surface area (Å²) in [6.45, 7) is 3.26. The van der Waals surface area contributed by atoms with Crippen molar-refractivity contribution < 1.29 is 4.74 Å². The minimum absolute atomic E-state index is 1.38. The van der Waals surface area contributed by atoms with Crippen molar-refractivity contribution in [2.24, 2.45) is 0 Å². The molecule has 1 aromatic rings. The zero-order valence-corrected chi connectivity index (χ0v) is 6.16. The van der Waals surface area contributed by atoms with Crippen LogP contribution in [0.1, 0.15) is 0 Å². The van der Waals surface area contributed by atoms with Crippen LogP contribution in [0.3, 0.4) is 0 Å². The van der Waals surface area contributed by atoms with E-state index in [1.165, 1.54) is 6.26 Å². The number of ether oxygens (including phenoxy) is 1.